The molecule has 0 amide bonds. The summed E-state index contributed by atoms with van der Waals surface area (Å²) < 4.78 is 0. The molecule has 1 atom stereocenters. The lowest BCUT2D eigenvalue weighted by Crippen LogP contribution is -2.24. The number of hydrogen-bond acceptors (Lipinski definition) is 3. The maximum Gasteiger partial charge on any atom is 0.0992 e. The van der Waals surface area contributed by atoms with Crippen LogP contribution in [0.5, 0.6) is 0 Å². The van der Waals surface area contributed by atoms with Crippen molar-refractivity contribution in [1.82, 2.24) is 0 Å². The van der Waals surface area contributed by atoms with Crippen LogP contribution in [0.2, 0.25) is 0 Å². The Balaban J connectivity index is 2.09. The molecule has 1 unspecified atom stereocenters. The summed E-state index contributed by atoms with van der Waals surface area (Å²) in [5, 5.41) is 12.3. The third-order valence-corrected chi connectivity index (χ3v) is 3.67. The lowest BCUT2D eigenvalue weighted by atomic mass is 9.99. The minimum Gasteiger partial charge on any atom is -0.397 e. The second kappa shape index (κ2) is 5.09. The second-order valence-electron chi connectivity index (χ2n) is 4.89. The van der Waals surface area contributed by atoms with Crippen molar-refractivity contribution >= 4 is 11.4 Å². The third-order valence-electron chi connectivity index (χ3n) is 3.67. The number of nitriles is 1. The number of benzene rings is 1. The quantitative estimate of drug-likeness (QED) is 0.783. The molecule has 1 fully saturated rings. The van der Waals surface area contributed by atoms with E-state index in [0.717, 1.165) is 11.6 Å². The molecule has 2 rings (SSSR count). The van der Waals surface area contributed by atoms with Crippen molar-refractivity contribution in [3.8, 4) is 6.07 Å². The van der Waals surface area contributed by atoms with Gasteiger partial charge in [0.05, 0.1) is 23.0 Å². The molecule has 0 radical (unpaired) electrons. The Labute approximate surface area is 103 Å². The van der Waals surface area contributed by atoms with Gasteiger partial charge in [0.1, 0.15) is 0 Å². The largest absolute Gasteiger partial charge is 0.397 e. The van der Waals surface area contributed by atoms with Crippen LogP contribution in [0, 0.1) is 17.2 Å². The third kappa shape index (κ3) is 2.71. The number of nitrogens with one attached hydrogen (secondary N) is 1. The molecule has 17 heavy (non-hydrogen) atoms. The van der Waals surface area contributed by atoms with Crippen molar-refractivity contribution in [2.24, 2.45) is 5.92 Å². The number of anilines is 2. The molecule has 1 saturated carbocycles. The van der Waals surface area contributed by atoms with E-state index in [4.69, 9.17) is 11.0 Å². The van der Waals surface area contributed by atoms with Crippen molar-refractivity contribution in [1.29, 1.82) is 5.26 Å². The SMILES string of the molecule is CC(Nc1cc(C#N)ccc1N)C1CCCC1. The summed E-state index contributed by atoms with van der Waals surface area (Å²) in [6.07, 6.45) is 5.27. The highest BCUT2D eigenvalue weighted by atomic mass is 14.9. The fourth-order valence-corrected chi connectivity index (χ4v) is 2.57. The molecular weight excluding hydrogens is 210 g/mol. The van der Waals surface area contributed by atoms with Crippen molar-refractivity contribution in [2.45, 2.75) is 38.6 Å². The molecule has 1 aliphatic rings. The van der Waals surface area contributed by atoms with Gasteiger partial charge in [-0.15, -0.1) is 0 Å². The predicted octanol–water partition coefficient (Wildman–Crippen LogP) is 3.13. The van der Waals surface area contributed by atoms with E-state index in [9.17, 15) is 0 Å². The fourth-order valence-electron chi connectivity index (χ4n) is 2.57. The zero-order valence-electron chi connectivity index (χ0n) is 10.2. The fraction of sp³-hybridized carbons (Fsp3) is 0.500. The van der Waals surface area contributed by atoms with E-state index in [1.807, 2.05) is 6.07 Å². The first-order valence-corrected chi connectivity index (χ1v) is 6.27. The van der Waals surface area contributed by atoms with Gasteiger partial charge in [-0.2, -0.15) is 5.26 Å². The summed E-state index contributed by atoms with van der Waals surface area (Å²) in [5.41, 5.74) is 8.18. The molecule has 0 saturated heterocycles. The highest BCUT2D eigenvalue weighted by molar-refractivity contribution is 5.68. The van der Waals surface area contributed by atoms with Crippen LogP contribution in [0.3, 0.4) is 0 Å². The number of nitrogen functional groups attached to an aromatic ring is 1. The maximum atomic E-state index is 8.88. The molecule has 3 nitrogen and oxygen atoms in total. The highest BCUT2D eigenvalue weighted by Crippen LogP contribution is 2.30. The first-order valence-electron chi connectivity index (χ1n) is 6.27. The summed E-state index contributed by atoms with van der Waals surface area (Å²) >= 11 is 0. The molecule has 0 bridgehead atoms. The molecule has 3 N–H and O–H groups in total. The average Bonchev–Trinajstić information content (AvgIpc) is 2.85. The van der Waals surface area contributed by atoms with Gasteiger partial charge in [-0.1, -0.05) is 12.8 Å². The summed E-state index contributed by atoms with van der Waals surface area (Å²) in [6.45, 7) is 2.20. The van der Waals surface area contributed by atoms with E-state index >= 15 is 0 Å². The Morgan fingerprint density at radius 3 is 2.76 bits per heavy atom. The Kier molecular flexibility index (Phi) is 3.53. The number of rotatable bonds is 3. The van der Waals surface area contributed by atoms with Crippen LogP contribution in [-0.2, 0) is 0 Å². The number of hydrogen-bond donors (Lipinski definition) is 2. The molecule has 1 aromatic carbocycles. The van der Waals surface area contributed by atoms with Crippen LogP contribution in [0.25, 0.3) is 0 Å². The van der Waals surface area contributed by atoms with Gasteiger partial charge in [0, 0.05) is 6.04 Å². The molecule has 1 aromatic rings. The smallest absolute Gasteiger partial charge is 0.0992 e. The summed E-state index contributed by atoms with van der Waals surface area (Å²) in [5.74, 6) is 0.736. The van der Waals surface area contributed by atoms with E-state index < -0.39 is 0 Å². The standard InChI is InChI=1S/C14H19N3/c1-10(12-4-2-3-5-12)17-14-8-11(9-15)6-7-13(14)16/h6-8,10,12,17H,2-5,16H2,1H3. The Bertz CT molecular complexity index is 428. The summed E-state index contributed by atoms with van der Waals surface area (Å²) in [4.78, 5) is 0. The lowest BCUT2D eigenvalue weighted by molar-refractivity contribution is 0.482. The van der Waals surface area contributed by atoms with Gasteiger partial charge < -0.3 is 11.1 Å². The number of nitrogens with two attached hydrogens (primary N) is 1. The molecule has 0 aromatic heterocycles. The Morgan fingerprint density at radius 2 is 2.12 bits per heavy atom. The van der Waals surface area contributed by atoms with E-state index in [-0.39, 0.29) is 0 Å². The van der Waals surface area contributed by atoms with Crippen LogP contribution < -0.4 is 11.1 Å². The van der Waals surface area contributed by atoms with Crippen LogP contribution >= 0.6 is 0 Å². The Hall–Kier alpha value is -1.69. The molecular formula is C14H19N3. The van der Waals surface area contributed by atoms with E-state index in [0.29, 0.717) is 17.3 Å². The average molecular weight is 229 g/mol. The summed E-state index contributed by atoms with van der Waals surface area (Å²) in [7, 11) is 0. The minimum atomic E-state index is 0.425. The predicted molar refractivity (Wildman–Crippen MR) is 70.6 cm³/mol. The monoisotopic (exact) mass is 229 g/mol. The van der Waals surface area contributed by atoms with E-state index in [1.54, 1.807) is 12.1 Å². The van der Waals surface area contributed by atoms with E-state index in [1.165, 1.54) is 25.7 Å². The zero-order valence-corrected chi connectivity index (χ0v) is 10.2. The Morgan fingerprint density at radius 1 is 1.41 bits per heavy atom. The molecule has 90 valence electrons. The van der Waals surface area contributed by atoms with Gasteiger partial charge in [0.25, 0.3) is 0 Å². The van der Waals surface area contributed by atoms with Gasteiger partial charge >= 0.3 is 0 Å². The molecule has 0 aliphatic heterocycles. The normalized spacial score (nSPS) is 17.6. The molecule has 3 heteroatoms. The minimum absolute atomic E-state index is 0.425. The van der Waals surface area contributed by atoms with Crippen molar-refractivity contribution in [2.75, 3.05) is 11.1 Å². The zero-order chi connectivity index (χ0) is 12.3. The molecule has 0 spiro atoms. The van der Waals surface area contributed by atoms with E-state index in [2.05, 4.69) is 18.3 Å². The van der Waals surface area contributed by atoms with Crippen LogP contribution in [0.1, 0.15) is 38.2 Å². The second-order valence-corrected chi connectivity index (χ2v) is 4.89. The van der Waals surface area contributed by atoms with Gasteiger partial charge in [0.2, 0.25) is 0 Å². The van der Waals surface area contributed by atoms with Crippen molar-refractivity contribution in [3.05, 3.63) is 23.8 Å². The lowest BCUT2D eigenvalue weighted by Gasteiger charge is -2.22. The van der Waals surface area contributed by atoms with Gasteiger partial charge in [0.15, 0.2) is 0 Å². The topological polar surface area (TPSA) is 61.8 Å². The van der Waals surface area contributed by atoms with Gasteiger partial charge in [-0.25, -0.2) is 0 Å². The highest BCUT2D eigenvalue weighted by Gasteiger charge is 2.21. The first kappa shape index (κ1) is 11.8. The molecule has 0 heterocycles. The van der Waals surface area contributed by atoms with Crippen molar-refractivity contribution in [3.63, 3.8) is 0 Å². The van der Waals surface area contributed by atoms with Crippen LogP contribution in [0.15, 0.2) is 18.2 Å². The van der Waals surface area contributed by atoms with Gasteiger partial charge in [-0.05, 0) is 43.9 Å². The van der Waals surface area contributed by atoms with Crippen molar-refractivity contribution < 1.29 is 0 Å². The summed E-state index contributed by atoms with van der Waals surface area (Å²) in [6, 6.07) is 7.95. The first-order chi connectivity index (χ1) is 8.20. The maximum absolute atomic E-state index is 8.88. The van der Waals surface area contributed by atoms with Crippen LogP contribution in [-0.4, -0.2) is 6.04 Å². The number of nitrogens with zero attached hydrogens (tertiary/aromatic N) is 1. The van der Waals surface area contributed by atoms with Crippen LogP contribution in [0.4, 0.5) is 11.4 Å². The van der Waals surface area contributed by atoms with Gasteiger partial charge in [-0.3, -0.25) is 0 Å². The molecule has 1 aliphatic carbocycles.